The fourth-order valence-electron chi connectivity index (χ4n) is 8.11. The van der Waals surface area contributed by atoms with Gasteiger partial charge < -0.3 is 24.5 Å². The Morgan fingerprint density at radius 2 is 1.57 bits per heavy atom. The predicted molar refractivity (Wildman–Crippen MR) is 169 cm³/mol. The standard InChI is InChI=1S/C36H43N3O5/c1-6-35-17-11-19-37(21-26-15-8-7-9-16-26)32(41)28(35)29-33(42)39(27(22-40)23(2)3)31-34(43)38(20-12-18-36(29,31)44-35)30-24(4)13-10-14-25(30)5/h7-18,23,27-29,31,40H,6,19-22H2,1-5H3/t27-,28+,29-,31?,35-,36-/m0/s1. The fraction of sp³-hybridized carbons (Fsp3) is 0.472. The van der Waals surface area contributed by atoms with Gasteiger partial charge in [0.05, 0.1) is 30.1 Å². The van der Waals surface area contributed by atoms with E-state index in [0.29, 0.717) is 26.1 Å². The largest absolute Gasteiger partial charge is 0.394 e. The molecule has 2 aromatic carbocycles. The Bertz CT molecular complexity index is 1500. The maximum atomic E-state index is 14.9. The van der Waals surface area contributed by atoms with Crippen LogP contribution in [0.15, 0.2) is 72.8 Å². The molecule has 0 bridgehead atoms. The molecule has 6 rings (SSSR count). The number of hydrogen-bond acceptors (Lipinski definition) is 5. The highest BCUT2D eigenvalue weighted by Crippen LogP contribution is 2.59. The zero-order chi connectivity index (χ0) is 31.4. The number of fused-ring (bicyclic) bond motifs is 2. The Hall–Kier alpha value is -3.75. The Kier molecular flexibility index (Phi) is 7.79. The van der Waals surface area contributed by atoms with Crippen LogP contribution in [0.25, 0.3) is 0 Å². The lowest BCUT2D eigenvalue weighted by Gasteiger charge is -2.42. The summed E-state index contributed by atoms with van der Waals surface area (Å²) in [7, 11) is 0. The molecule has 1 N–H and O–H groups in total. The molecule has 44 heavy (non-hydrogen) atoms. The summed E-state index contributed by atoms with van der Waals surface area (Å²) >= 11 is 0. The number of carbonyl (C=O) groups is 3. The van der Waals surface area contributed by atoms with Crippen LogP contribution < -0.4 is 4.90 Å². The molecule has 2 aromatic rings. The Morgan fingerprint density at radius 1 is 0.886 bits per heavy atom. The second kappa shape index (κ2) is 11.3. The molecule has 8 heteroatoms. The van der Waals surface area contributed by atoms with Crippen LogP contribution in [0.1, 0.15) is 43.9 Å². The van der Waals surface area contributed by atoms with Gasteiger partial charge >= 0.3 is 0 Å². The van der Waals surface area contributed by atoms with Gasteiger partial charge in [-0.2, -0.15) is 0 Å². The number of para-hydroxylation sites is 1. The maximum Gasteiger partial charge on any atom is 0.253 e. The van der Waals surface area contributed by atoms with Crippen molar-refractivity contribution in [3.63, 3.8) is 0 Å². The minimum atomic E-state index is -1.38. The molecule has 3 amide bonds. The van der Waals surface area contributed by atoms with E-state index >= 15 is 0 Å². The summed E-state index contributed by atoms with van der Waals surface area (Å²) in [4.78, 5) is 49.5. The molecule has 0 aromatic heterocycles. The van der Waals surface area contributed by atoms with Crippen molar-refractivity contribution in [1.82, 2.24) is 9.80 Å². The van der Waals surface area contributed by atoms with Gasteiger partial charge in [-0.25, -0.2) is 0 Å². The quantitative estimate of drug-likeness (QED) is 0.484. The zero-order valence-corrected chi connectivity index (χ0v) is 26.3. The van der Waals surface area contributed by atoms with Crippen molar-refractivity contribution in [2.24, 2.45) is 17.8 Å². The molecular formula is C36H43N3O5. The van der Waals surface area contributed by atoms with Gasteiger partial charge in [-0.05, 0) is 42.9 Å². The summed E-state index contributed by atoms with van der Waals surface area (Å²) in [5, 5.41) is 10.6. The minimum Gasteiger partial charge on any atom is -0.394 e. The first-order chi connectivity index (χ1) is 21.1. The maximum absolute atomic E-state index is 14.9. The number of aliphatic hydroxyl groups is 1. The number of carbonyl (C=O) groups excluding carboxylic acids is 3. The number of hydrogen-bond donors (Lipinski definition) is 1. The van der Waals surface area contributed by atoms with Gasteiger partial charge in [-0.1, -0.05) is 93.6 Å². The van der Waals surface area contributed by atoms with Crippen molar-refractivity contribution in [2.45, 2.75) is 70.9 Å². The molecule has 4 aliphatic heterocycles. The van der Waals surface area contributed by atoms with Gasteiger partial charge in [0.25, 0.3) is 5.91 Å². The SMILES string of the molecule is CC[C@]12C=CCN(Cc3ccccc3)C(=O)[C@H]1[C@H]1C(=O)N([C@@H](CO)C(C)C)C3C(=O)N(c4c(C)cccc4C)CC=C[C@@]31O2. The number of anilines is 1. The van der Waals surface area contributed by atoms with Crippen LogP contribution in [-0.4, -0.2) is 75.6 Å². The average molecular weight is 598 g/mol. The van der Waals surface area contributed by atoms with Gasteiger partial charge in [0.15, 0.2) is 0 Å². The van der Waals surface area contributed by atoms with Crippen LogP contribution in [0, 0.1) is 31.6 Å². The predicted octanol–water partition coefficient (Wildman–Crippen LogP) is 4.18. The normalized spacial score (nSPS) is 30.4. The summed E-state index contributed by atoms with van der Waals surface area (Å²) in [5.74, 6) is -2.62. The molecule has 4 heterocycles. The highest BCUT2D eigenvalue weighted by molar-refractivity contribution is 6.06. The molecule has 2 fully saturated rings. The van der Waals surface area contributed by atoms with Crippen LogP contribution in [0.4, 0.5) is 5.69 Å². The van der Waals surface area contributed by atoms with Crippen molar-refractivity contribution in [2.75, 3.05) is 24.6 Å². The van der Waals surface area contributed by atoms with E-state index < -0.39 is 35.1 Å². The van der Waals surface area contributed by atoms with Gasteiger partial charge in [0.2, 0.25) is 11.8 Å². The number of aryl methyl sites for hydroxylation is 2. The Balaban J connectivity index is 1.51. The molecule has 1 spiro atoms. The topological polar surface area (TPSA) is 90.4 Å². The molecule has 1 unspecified atom stereocenters. The average Bonchev–Trinajstić information content (AvgIpc) is 3.30. The zero-order valence-electron chi connectivity index (χ0n) is 26.3. The third-order valence-corrected chi connectivity index (χ3v) is 10.2. The van der Waals surface area contributed by atoms with E-state index in [0.717, 1.165) is 22.4 Å². The van der Waals surface area contributed by atoms with Crippen LogP contribution in [0.3, 0.4) is 0 Å². The molecule has 0 radical (unpaired) electrons. The molecular weight excluding hydrogens is 554 g/mol. The third kappa shape index (κ3) is 4.45. The van der Waals surface area contributed by atoms with E-state index in [4.69, 9.17) is 4.74 Å². The number of likely N-dealkylation sites (tertiary alicyclic amines) is 1. The van der Waals surface area contributed by atoms with E-state index in [1.54, 1.807) is 14.7 Å². The molecule has 0 aliphatic carbocycles. The van der Waals surface area contributed by atoms with Crippen molar-refractivity contribution in [1.29, 1.82) is 0 Å². The van der Waals surface area contributed by atoms with E-state index in [-0.39, 0.29) is 30.2 Å². The van der Waals surface area contributed by atoms with Crippen molar-refractivity contribution < 1.29 is 24.2 Å². The van der Waals surface area contributed by atoms with E-state index in [2.05, 4.69) is 0 Å². The highest BCUT2D eigenvalue weighted by Gasteiger charge is 2.76. The van der Waals surface area contributed by atoms with Gasteiger partial charge in [-0.3, -0.25) is 14.4 Å². The van der Waals surface area contributed by atoms with E-state index in [1.807, 2.05) is 107 Å². The molecule has 0 saturated carbocycles. The Morgan fingerprint density at radius 3 is 2.20 bits per heavy atom. The first kappa shape index (κ1) is 30.3. The molecule has 232 valence electrons. The van der Waals surface area contributed by atoms with Gasteiger partial charge in [0, 0.05) is 25.3 Å². The van der Waals surface area contributed by atoms with Gasteiger partial charge in [-0.15, -0.1) is 0 Å². The molecule has 8 nitrogen and oxygen atoms in total. The number of ether oxygens (including phenoxy) is 1. The van der Waals surface area contributed by atoms with Crippen LogP contribution in [0.2, 0.25) is 0 Å². The number of aliphatic hydroxyl groups excluding tert-OH is 1. The molecule has 4 aliphatic rings. The number of benzene rings is 2. The smallest absolute Gasteiger partial charge is 0.253 e. The van der Waals surface area contributed by atoms with Crippen molar-refractivity contribution in [3.8, 4) is 0 Å². The second-order valence-electron chi connectivity index (χ2n) is 13.1. The van der Waals surface area contributed by atoms with Crippen LogP contribution >= 0.6 is 0 Å². The third-order valence-electron chi connectivity index (χ3n) is 10.2. The monoisotopic (exact) mass is 597 g/mol. The lowest BCUT2D eigenvalue weighted by atomic mass is 9.73. The highest BCUT2D eigenvalue weighted by atomic mass is 16.5. The van der Waals surface area contributed by atoms with Crippen LogP contribution in [0.5, 0.6) is 0 Å². The van der Waals surface area contributed by atoms with Gasteiger partial charge in [0.1, 0.15) is 11.6 Å². The number of amides is 3. The Labute approximate surface area is 260 Å². The number of nitrogens with zero attached hydrogens (tertiary/aromatic N) is 3. The van der Waals surface area contributed by atoms with Crippen molar-refractivity contribution in [3.05, 3.63) is 89.5 Å². The summed E-state index contributed by atoms with van der Waals surface area (Å²) in [6.45, 7) is 10.6. The lowest BCUT2D eigenvalue weighted by Crippen LogP contribution is -2.60. The summed E-state index contributed by atoms with van der Waals surface area (Å²) < 4.78 is 7.12. The minimum absolute atomic E-state index is 0.135. The van der Waals surface area contributed by atoms with Crippen molar-refractivity contribution >= 4 is 23.4 Å². The van der Waals surface area contributed by atoms with E-state index in [9.17, 15) is 19.5 Å². The molecule has 2 saturated heterocycles. The summed E-state index contributed by atoms with van der Waals surface area (Å²) in [6, 6.07) is 14.1. The fourth-order valence-corrected chi connectivity index (χ4v) is 8.11. The summed E-state index contributed by atoms with van der Waals surface area (Å²) in [6.07, 6.45) is 8.19. The second-order valence-corrected chi connectivity index (χ2v) is 13.1. The number of rotatable bonds is 7. The first-order valence-electron chi connectivity index (χ1n) is 15.8. The lowest BCUT2D eigenvalue weighted by molar-refractivity contribution is -0.153. The first-order valence-corrected chi connectivity index (χ1v) is 15.8. The van der Waals surface area contributed by atoms with Crippen LogP contribution in [-0.2, 0) is 25.7 Å². The van der Waals surface area contributed by atoms with E-state index in [1.165, 1.54) is 0 Å². The molecule has 6 atom stereocenters. The summed E-state index contributed by atoms with van der Waals surface area (Å²) in [5.41, 5.74) is 1.28.